The number of halogens is 3. The monoisotopic (exact) mass is 581 g/mol. The van der Waals surface area contributed by atoms with Gasteiger partial charge in [-0.25, -0.2) is 9.07 Å². The Bertz CT molecular complexity index is 1960. The van der Waals surface area contributed by atoms with Crippen LogP contribution in [0.3, 0.4) is 0 Å². The first kappa shape index (κ1) is 27.5. The number of anilines is 1. The van der Waals surface area contributed by atoms with Crippen LogP contribution in [-0.2, 0) is 0 Å². The van der Waals surface area contributed by atoms with Crippen LogP contribution < -0.4 is 10.1 Å². The molecule has 6 aromatic rings. The maximum atomic E-state index is 13.4. The minimum atomic E-state index is -2.72. The molecular formula is C32H22F3N5O3. The quantitative estimate of drug-likeness (QED) is 0.200. The maximum Gasteiger partial charge on any atom is 0.333 e. The van der Waals surface area contributed by atoms with Gasteiger partial charge in [0.2, 0.25) is 0 Å². The third-order valence-electron chi connectivity index (χ3n) is 6.80. The van der Waals surface area contributed by atoms with Gasteiger partial charge in [0.05, 0.1) is 11.7 Å². The van der Waals surface area contributed by atoms with Crippen LogP contribution in [0.25, 0.3) is 33.2 Å². The van der Waals surface area contributed by atoms with Gasteiger partial charge in [0.25, 0.3) is 5.91 Å². The molecule has 0 fully saturated rings. The molecule has 0 aliphatic heterocycles. The summed E-state index contributed by atoms with van der Waals surface area (Å²) in [6.07, 6.45) is 5.51. The molecule has 0 atom stereocenters. The fraction of sp³-hybridized carbons (Fsp3) is 0.0625. The number of nitrogens with zero attached hydrogens (tertiary/aromatic N) is 4. The van der Waals surface area contributed by atoms with Crippen molar-refractivity contribution in [1.82, 2.24) is 19.7 Å². The lowest BCUT2D eigenvalue weighted by Crippen LogP contribution is -2.13. The fourth-order valence-electron chi connectivity index (χ4n) is 4.64. The lowest BCUT2D eigenvalue weighted by atomic mass is 10.0. The zero-order valence-corrected chi connectivity index (χ0v) is 22.5. The summed E-state index contributed by atoms with van der Waals surface area (Å²) in [5, 5.41) is 18.0. The summed E-state index contributed by atoms with van der Waals surface area (Å²) < 4.78 is 45.9. The number of pyridine rings is 2. The molecule has 6 rings (SSSR count). The van der Waals surface area contributed by atoms with E-state index in [-0.39, 0.29) is 11.3 Å². The first-order chi connectivity index (χ1) is 20.8. The molecule has 43 heavy (non-hydrogen) atoms. The number of fused-ring (bicyclic) bond motifs is 1. The normalized spacial score (nSPS) is 11.2. The number of benzene rings is 3. The molecule has 0 saturated carbocycles. The SMILES string of the molecule is Cc1ncc(C(=O)Nc2ccc(Oc3ccnc4cc(-c5cnn(C(F)F)c5)ccc34)cc2)c(O)c1-c1ccc(F)cc1. The molecule has 2 N–H and O–H groups in total. The summed E-state index contributed by atoms with van der Waals surface area (Å²) >= 11 is 0. The summed E-state index contributed by atoms with van der Waals surface area (Å²) in [7, 11) is 0. The average Bonchev–Trinajstić information content (AvgIpc) is 3.50. The van der Waals surface area contributed by atoms with E-state index in [1.165, 1.54) is 42.9 Å². The van der Waals surface area contributed by atoms with Crippen molar-refractivity contribution in [3.05, 3.63) is 115 Å². The van der Waals surface area contributed by atoms with Gasteiger partial charge >= 0.3 is 6.55 Å². The molecule has 0 radical (unpaired) electrons. The highest BCUT2D eigenvalue weighted by Crippen LogP contribution is 2.35. The molecule has 0 aliphatic rings. The zero-order chi connectivity index (χ0) is 30.1. The average molecular weight is 582 g/mol. The van der Waals surface area contributed by atoms with Gasteiger partial charge in [-0.05, 0) is 72.6 Å². The van der Waals surface area contributed by atoms with Gasteiger partial charge in [-0.2, -0.15) is 13.9 Å². The summed E-state index contributed by atoms with van der Waals surface area (Å²) in [6, 6.07) is 19.2. The third kappa shape index (κ3) is 5.60. The number of ether oxygens (including phenoxy) is 1. The van der Waals surface area contributed by atoms with Gasteiger partial charge in [0.15, 0.2) is 0 Å². The molecule has 3 aromatic heterocycles. The number of hydrogen-bond donors (Lipinski definition) is 2. The second kappa shape index (κ2) is 11.3. The Morgan fingerprint density at radius 1 is 0.930 bits per heavy atom. The molecule has 0 spiro atoms. The molecule has 8 nitrogen and oxygen atoms in total. The molecule has 0 bridgehead atoms. The lowest BCUT2D eigenvalue weighted by Gasteiger charge is -2.13. The highest BCUT2D eigenvalue weighted by atomic mass is 19.3. The minimum Gasteiger partial charge on any atom is -0.506 e. The first-order valence-corrected chi connectivity index (χ1v) is 13.0. The van der Waals surface area contributed by atoms with E-state index in [9.17, 15) is 23.1 Å². The highest BCUT2D eigenvalue weighted by molar-refractivity contribution is 6.07. The number of aryl methyl sites for hydroxylation is 1. The van der Waals surface area contributed by atoms with E-state index in [0.29, 0.717) is 60.7 Å². The number of amides is 1. The zero-order valence-electron chi connectivity index (χ0n) is 22.5. The van der Waals surface area contributed by atoms with Crippen LogP contribution in [0.2, 0.25) is 0 Å². The van der Waals surface area contributed by atoms with Crippen LogP contribution in [-0.4, -0.2) is 30.8 Å². The molecule has 0 aliphatic carbocycles. The van der Waals surface area contributed by atoms with E-state index < -0.39 is 18.3 Å². The minimum absolute atomic E-state index is 0.0329. The molecule has 3 aromatic carbocycles. The van der Waals surface area contributed by atoms with Gasteiger partial charge < -0.3 is 15.2 Å². The van der Waals surface area contributed by atoms with E-state index in [2.05, 4.69) is 20.4 Å². The standard InChI is InChI=1S/C32H22F3N5O3/c1-18-29(19-2-5-22(33)6-3-19)30(41)26(16-37-18)31(42)39-23-7-9-24(10-8-23)43-28-12-13-36-27-14-20(4-11-25(27)28)21-15-38-40(17-21)32(34)35/h2-17,32H,1H3,(H,37,41)(H,39,42). The summed E-state index contributed by atoms with van der Waals surface area (Å²) in [5.74, 6) is -0.226. The largest absolute Gasteiger partial charge is 0.506 e. The van der Waals surface area contributed by atoms with Crippen molar-refractivity contribution < 1.29 is 27.8 Å². The van der Waals surface area contributed by atoms with Gasteiger partial charge in [-0.15, -0.1) is 0 Å². The number of rotatable bonds is 7. The van der Waals surface area contributed by atoms with Crippen LogP contribution in [0.4, 0.5) is 18.9 Å². The number of alkyl halides is 2. The Labute approximate surface area is 243 Å². The van der Waals surface area contributed by atoms with Gasteiger partial charge in [-0.1, -0.05) is 18.2 Å². The Balaban J connectivity index is 1.18. The third-order valence-corrected chi connectivity index (χ3v) is 6.80. The van der Waals surface area contributed by atoms with Gasteiger partial charge in [0, 0.05) is 46.5 Å². The summed E-state index contributed by atoms with van der Waals surface area (Å²) in [6.45, 7) is -1.03. The van der Waals surface area contributed by atoms with Crippen molar-refractivity contribution in [3.8, 4) is 39.5 Å². The number of nitrogens with one attached hydrogen (secondary N) is 1. The molecule has 3 heterocycles. The van der Waals surface area contributed by atoms with Crippen molar-refractivity contribution in [3.63, 3.8) is 0 Å². The molecule has 214 valence electrons. The summed E-state index contributed by atoms with van der Waals surface area (Å²) in [5.41, 5.74) is 3.61. The van der Waals surface area contributed by atoms with E-state index in [4.69, 9.17) is 4.74 Å². The topological polar surface area (TPSA) is 102 Å². The van der Waals surface area contributed by atoms with E-state index in [1.54, 1.807) is 61.7 Å². The Morgan fingerprint density at radius 2 is 1.67 bits per heavy atom. The number of hydrogen-bond acceptors (Lipinski definition) is 6. The number of aromatic hydroxyl groups is 1. The van der Waals surface area contributed by atoms with Gasteiger partial charge in [-0.3, -0.25) is 14.8 Å². The van der Waals surface area contributed by atoms with E-state index in [1.807, 2.05) is 0 Å². The molecule has 1 amide bonds. The number of carbonyl (C=O) groups is 1. The second-order valence-electron chi connectivity index (χ2n) is 9.60. The van der Waals surface area contributed by atoms with Crippen molar-refractivity contribution in [2.24, 2.45) is 0 Å². The lowest BCUT2D eigenvalue weighted by molar-refractivity contribution is 0.0566. The molecule has 11 heteroatoms. The van der Waals surface area contributed by atoms with E-state index >= 15 is 0 Å². The van der Waals surface area contributed by atoms with Gasteiger partial charge in [0.1, 0.15) is 28.6 Å². The smallest absolute Gasteiger partial charge is 0.333 e. The van der Waals surface area contributed by atoms with Crippen LogP contribution in [0, 0.1) is 12.7 Å². The Hall–Kier alpha value is -5.71. The van der Waals surface area contributed by atoms with Crippen molar-refractivity contribution in [2.75, 3.05) is 5.32 Å². The first-order valence-electron chi connectivity index (χ1n) is 13.0. The van der Waals surface area contributed by atoms with Crippen molar-refractivity contribution in [2.45, 2.75) is 13.5 Å². The molecule has 0 saturated heterocycles. The van der Waals surface area contributed by atoms with E-state index in [0.717, 1.165) is 0 Å². The van der Waals surface area contributed by atoms with Crippen LogP contribution in [0.5, 0.6) is 17.2 Å². The fourth-order valence-corrected chi connectivity index (χ4v) is 4.64. The maximum absolute atomic E-state index is 13.4. The summed E-state index contributed by atoms with van der Waals surface area (Å²) in [4.78, 5) is 21.6. The Kier molecular flexibility index (Phi) is 7.21. The molecular weight excluding hydrogens is 559 g/mol. The number of aromatic nitrogens is 4. The van der Waals surface area contributed by atoms with Crippen LogP contribution >= 0.6 is 0 Å². The highest BCUT2D eigenvalue weighted by Gasteiger charge is 2.19. The van der Waals surface area contributed by atoms with Crippen LogP contribution in [0.1, 0.15) is 22.6 Å². The predicted molar refractivity (Wildman–Crippen MR) is 155 cm³/mol. The Morgan fingerprint density at radius 3 is 2.40 bits per heavy atom. The molecule has 0 unspecified atom stereocenters. The van der Waals surface area contributed by atoms with Crippen molar-refractivity contribution in [1.29, 1.82) is 0 Å². The predicted octanol–water partition coefficient (Wildman–Crippen LogP) is 7.75. The number of carbonyl (C=O) groups excluding carboxylic acids is 1. The van der Waals surface area contributed by atoms with Crippen LogP contribution in [0.15, 0.2) is 97.6 Å². The van der Waals surface area contributed by atoms with Crippen molar-refractivity contribution >= 4 is 22.5 Å². The second-order valence-corrected chi connectivity index (χ2v) is 9.60.